The summed E-state index contributed by atoms with van der Waals surface area (Å²) < 4.78 is 264. The van der Waals surface area contributed by atoms with Gasteiger partial charge in [-0.25, -0.2) is 101 Å². The van der Waals surface area contributed by atoms with Crippen molar-refractivity contribution in [2.45, 2.75) is 80.2 Å². The number of amidine groups is 1. The van der Waals surface area contributed by atoms with Gasteiger partial charge in [0.1, 0.15) is 58.1 Å². The Kier molecular flexibility index (Phi) is 45.7. The van der Waals surface area contributed by atoms with Crippen molar-refractivity contribution in [3.63, 3.8) is 0 Å². The molecule has 1 fully saturated rings. The SMILES string of the molecule is C1CCOC1.CC(=O)CC(=O)Cl.CC(=O)CC(=O)Nc1ccc(NS(C)(=O)=O)cc1S(N)(=O)=O.CS(=O)(=O)Cl.CS(=O)(=O)Nc1ccc(N)c(S(N)(=O)=O)c1.CS(=O)(=O)Nc1ccc2c(c1)S(=O)(=O)N=C(CC(=O)O)N2.NS(=O)(=O)c1cc([N+](=O)[O-])ccc1Cl.Nc1ccc(N)c(S(N)(=O)=O)c1.Nc1ccc([N+](=O)[O-])cc1S(N)(=O)=O.O=[N+]([O-])c1ccc(Cl)c(S(=O)(=O)O)c1. The smallest absolute Gasteiger partial charge is 0.311 e. The van der Waals surface area contributed by atoms with E-state index in [0.717, 1.165) is 105 Å². The Balaban J connectivity index is 0.00000146. The van der Waals surface area contributed by atoms with Crippen LogP contribution in [0.3, 0.4) is 0 Å². The topological polar surface area (TPSA) is 947 Å². The van der Waals surface area contributed by atoms with Gasteiger partial charge in [0, 0.05) is 83.0 Å². The number of carboxylic acid groups (broad SMARTS) is 1. The zero-order valence-corrected chi connectivity index (χ0v) is 78.8. The number of anilines is 9. The number of fused-ring (bicyclic) bond motifs is 1. The van der Waals surface area contributed by atoms with Crippen molar-refractivity contribution in [1.29, 1.82) is 0 Å². The first-order valence-electron chi connectivity index (χ1n) is 33.1. The molecule has 69 heteroatoms. The number of ether oxygens (including phenoxy) is 1. The number of hydrogen-bond donors (Lipinski definition) is 16. The third kappa shape index (κ3) is 49.2. The van der Waals surface area contributed by atoms with Crippen LogP contribution in [-0.4, -0.2) is 190 Å². The van der Waals surface area contributed by atoms with E-state index in [4.69, 9.17) is 97.8 Å². The summed E-state index contributed by atoms with van der Waals surface area (Å²) in [5.74, 6) is -2.74. The van der Waals surface area contributed by atoms with Crippen molar-refractivity contribution >= 4 is 258 Å². The second kappa shape index (κ2) is 49.9. The standard InChI is InChI=1S/C11H15N3O6S2.C10H11N3O6S2.C7H11N3O4S2.C6H5ClN2O4S.C6H4ClNO5S.C6H7N3O4S.C6H9N3O2S.C4H5ClO2.C4H8O.CH3ClO2S/c1-7(15)5-11(16)13-9-4-3-8(14-21(2,17)18)6-10(9)22(12,19)20;1-20(16,17)12-6-2-3-7-8(4-6)21(18,19)13-9(11-7)5-10(14)15;1-15(11,12)10-5-2-3-6(8)7(4-5)16(9,13)14;7-5-2-1-4(9(10)11)3-6(5)14(8,12)13;7-5-2-1-4(8(9)10)3-6(5)14(11,12)13;7-5-2-1-4(9(10)11)3-6(5)14(8,12)13;7-4-1-2-5(8)6(3-4)12(9,10)11;1-3(6)2-4(5)7;1-2-4-5-3-1;1-5(2,3)4/h3-4,6,14H,5H2,1-2H3,(H,13,16)(H2,12,19,20);2-4,12H,5H2,1H3,(H,11,13)(H,14,15);2-4,10H,8H2,1H3,(H2,9,13,14);1-3H,(H2,8,12,13);1-3H,(H,11,12,13);1-3H,7H2,(H2,8,12,13);1-3H,7-8H2,(H2,9,10,11);2H2,1H3;1-4H2;1H3. The van der Waals surface area contributed by atoms with Gasteiger partial charge in [0.25, 0.3) is 37.2 Å². The molecule has 54 nitrogen and oxygen atoms in total. The number of primary sulfonamides is 5. The highest BCUT2D eigenvalue weighted by Gasteiger charge is 2.28. The third-order valence-electron chi connectivity index (χ3n) is 13.2. The van der Waals surface area contributed by atoms with Crippen molar-refractivity contribution < 1.29 is 146 Å². The fourth-order valence-electron chi connectivity index (χ4n) is 8.34. The number of nitro groups is 3. The molecule has 7 aromatic carbocycles. The molecule has 7 aromatic rings. The maximum Gasteiger partial charge on any atom is 0.311 e. The van der Waals surface area contributed by atoms with Gasteiger partial charge in [-0.15, -0.1) is 4.40 Å². The number of nitrogen functional groups attached to an aromatic ring is 4. The average Bonchev–Trinajstić information content (AvgIpc) is 0.824. The molecular weight excluding hydrogens is 2060 g/mol. The molecule has 0 aliphatic carbocycles. The number of halogens is 4. The van der Waals surface area contributed by atoms with Crippen LogP contribution in [0.25, 0.3) is 0 Å². The van der Waals surface area contributed by atoms with E-state index < -0.39 is 185 Å². The van der Waals surface area contributed by atoms with Gasteiger partial charge in [-0.05, 0) is 129 Å². The van der Waals surface area contributed by atoms with Gasteiger partial charge < -0.3 is 43.4 Å². The normalized spacial score (nSPS) is 12.7. The number of aliphatic carboxylic acids is 1. The van der Waals surface area contributed by atoms with Gasteiger partial charge in [-0.3, -0.25) is 73.0 Å². The Labute approximate surface area is 761 Å². The molecule has 9 rings (SSSR count). The molecule has 2 aliphatic heterocycles. The van der Waals surface area contributed by atoms with Crippen LogP contribution >= 0.6 is 45.5 Å². The number of amides is 1. The first kappa shape index (κ1) is 119. The summed E-state index contributed by atoms with van der Waals surface area (Å²) >= 11 is 15.7. The number of hydrogen-bond acceptors (Lipinski definition) is 39. The summed E-state index contributed by atoms with van der Waals surface area (Å²) in [5, 5.41) is 67.8. The molecule has 0 unspecified atom stereocenters. The van der Waals surface area contributed by atoms with Gasteiger partial charge in [-0.2, -0.15) is 16.8 Å². The Bertz CT molecular complexity index is 6610. The zero-order chi connectivity index (χ0) is 102. The van der Waals surface area contributed by atoms with E-state index in [0.29, 0.717) is 11.8 Å². The first-order chi connectivity index (χ1) is 58.5. The van der Waals surface area contributed by atoms with Gasteiger partial charge in [0.2, 0.25) is 100 Å². The number of benzene rings is 7. The largest absolute Gasteiger partial charge is 0.481 e. The first-order valence-corrected chi connectivity index (χ1v) is 53.2. The molecule has 722 valence electrons. The van der Waals surface area contributed by atoms with E-state index in [-0.39, 0.29) is 99.6 Å². The number of sulfonamides is 9. The number of Topliss-reactive ketones (excluding diaryl/α,β-unsaturated/α-hetero) is 2. The number of nitrogens with zero attached hydrogens (tertiary/aromatic N) is 4. The van der Waals surface area contributed by atoms with Gasteiger partial charge >= 0.3 is 5.97 Å². The van der Waals surface area contributed by atoms with E-state index in [2.05, 4.69) is 39.9 Å². The molecule has 1 saturated heterocycles. The molecule has 25 N–H and O–H groups in total. The molecule has 0 spiro atoms. The number of rotatable bonds is 22. The minimum atomic E-state index is -4.53. The van der Waals surface area contributed by atoms with Crippen LogP contribution in [0.5, 0.6) is 0 Å². The van der Waals surface area contributed by atoms with Crippen molar-refractivity contribution in [2.24, 2.45) is 30.1 Å². The number of ketones is 2. The van der Waals surface area contributed by atoms with E-state index >= 15 is 0 Å². The highest BCUT2D eigenvalue weighted by Crippen LogP contribution is 2.33. The second-order valence-electron chi connectivity index (χ2n) is 24.9. The molecular formula is C61H78Cl4N18O36S11. The van der Waals surface area contributed by atoms with E-state index in [1.807, 2.05) is 0 Å². The maximum atomic E-state index is 12.0. The summed E-state index contributed by atoms with van der Waals surface area (Å²) in [4.78, 5) is 78.7. The van der Waals surface area contributed by atoms with Crippen molar-refractivity contribution in [1.82, 2.24) is 0 Å². The predicted octanol–water partition coefficient (Wildman–Crippen LogP) is 2.38. The molecule has 0 aromatic heterocycles. The fraction of sp³-hybridized carbons (Fsp3) is 0.213. The second-order valence-corrected chi connectivity index (χ2v) is 45.0. The van der Waals surface area contributed by atoms with Crippen LogP contribution in [0.1, 0.15) is 46.0 Å². The van der Waals surface area contributed by atoms with E-state index in [1.165, 1.54) is 81.3 Å². The number of nitro benzene ring substituents is 3. The van der Waals surface area contributed by atoms with Crippen LogP contribution in [0.2, 0.25) is 10.0 Å². The summed E-state index contributed by atoms with van der Waals surface area (Å²) in [6, 6.07) is 23.8. The van der Waals surface area contributed by atoms with Crippen LogP contribution in [0.15, 0.2) is 166 Å². The number of carbonyl (C=O) groups is 5. The lowest BCUT2D eigenvalue weighted by Gasteiger charge is -2.18. The van der Waals surface area contributed by atoms with Crippen LogP contribution in [0.4, 0.5) is 68.2 Å². The molecule has 0 saturated carbocycles. The highest BCUT2D eigenvalue weighted by atomic mass is 35.7. The molecule has 2 heterocycles. The summed E-state index contributed by atoms with van der Waals surface area (Å²) in [6.45, 7) is 4.53. The quantitative estimate of drug-likeness (QED) is 0.0116. The number of nitrogens with two attached hydrogens (primary N) is 9. The Morgan fingerprint density at radius 1 is 0.485 bits per heavy atom. The lowest BCUT2D eigenvalue weighted by molar-refractivity contribution is -0.385. The van der Waals surface area contributed by atoms with Crippen LogP contribution in [-0.2, 0) is 138 Å². The molecule has 0 atom stereocenters. The molecule has 1 amide bonds. The minimum Gasteiger partial charge on any atom is -0.481 e. The molecule has 2 aliphatic rings. The number of non-ortho nitro benzene ring substituents is 3. The molecule has 130 heavy (non-hydrogen) atoms. The molecule has 0 radical (unpaired) electrons. The lowest BCUT2D eigenvalue weighted by atomic mass is 10.2. The zero-order valence-electron chi connectivity index (χ0n) is 66.8. The fourth-order valence-corrected chi connectivity index (χ4v) is 16.2. The Hall–Kier alpha value is -10.9. The summed E-state index contributed by atoms with van der Waals surface area (Å²) in [6.07, 6.45) is 5.11. The van der Waals surface area contributed by atoms with Gasteiger partial charge in [0.05, 0.1) is 91.1 Å². The Morgan fingerprint density at radius 2 is 0.815 bits per heavy atom. The Morgan fingerprint density at radius 3 is 1.15 bits per heavy atom. The van der Waals surface area contributed by atoms with Crippen LogP contribution in [0, 0.1) is 30.3 Å². The minimum absolute atomic E-state index is 0.0314. The lowest BCUT2D eigenvalue weighted by Crippen LogP contribution is -2.24. The molecule has 0 bridgehead atoms. The van der Waals surface area contributed by atoms with Gasteiger partial charge in [0.15, 0.2) is 0 Å². The van der Waals surface area contributed by atoms with E-state index in [1.54, 1.807) is 0 Å². The average molecular weight is 2130 g/mol. The van der Waals surface area contributed by atoms with Gasteiger partial charge in [-0.1, -0.05) is 23.2 Å². The number of carbonyl (C=O) groups excluding carboxylic acids is 4. The number of nitrogens with one attached hydrogen (secondary N) is 5. The summed E-state index contributed by atoms with van der Waals surface area (Å²) in [5.41, 5.74) is 20.6. The highest BCUT2D eigenvalue weighted by molar-refractivity contribution is 8.13. The predicted molar refractivity (Wildman–Crippen MR) is 476 cm³/mol. The van der Waals surface area contributed by atoms with Crippen molar-refractivity contribution in [3.05, 3.63) is 168 Å². The van der Waals surface area contributed by atoms with E-state index in [9.17, 15) is 147 Å². The third-order valence-corrected chi connectivity index (χ3v) is 23.1. The number of carboxylic acids is 1. The maximum absolute atomic E-state index is 12.0. The van der Waals surface area contributed by atoms with Crippen molar-refractivity contribution in [3.8, 4) is 0 Å². The summed E-state index contributed by atoms with van der Waals surface area (Å²) in [7, 11) is -37.9. The monoisotopic (exact) mass is 2130 g/mol. The van der Waals surface area contributed by atoms with Crippen LogP contribution < -0.4 is 73.4 Å². The van der Waals surface area contributed by atoms with Crippen molar-refractivity contribution in [2.75, 3.05) is 86.0 Å².